The summed E-state index contributed by atoms with van der Waals surface area (Å²) < 4.78 is 5.43. The molecule has 28 heavy (non-hydrogen) atoms. The molecule has 3 aromatic rings. The van der Waals surface area contributed by atoms with Crippen LogP contribution in [0, 0.1) is 6.92 Å². The van der Waals surface area contributed by atoms with Gasteiger partial charge in [0.25, 0.3) is 5.91 Å². The van der Waals surface area contributed by atoms with Gasteiger partial charge in [-0.1, -0.05) is 66.2 Å². The third-order valence-corrected chi connectivity index (χ3v) is 4.77. The lowest BCUT2D eigenvalue weighted by molar-refractivity contribution is -0.682. The predicted molar refractivity (Wildman–Crippen MR) is 112 cm³/mol. The molecule has 0 aromatic heterocycles. The lowest BCUT2D eigenvalue weighted by atomic mass is 10.0. The average molecular weight is 375 g/mol. The molecule has 0 aliphatic heterocycles. The Bertz CT molecular complexity index is 892. The molecule has 0 unspecified atom stereocenters. The molecule has 0 bridgehead atoms. The second-order valence-corrected chi connectivity index (χ2v) is 6.83. The maximum absolute atomic E-state index is 13.0. The molecular weight excluding hydrogens is 348 g/mol. The minimum Gasteiger partial charge on any atom is -0.496 e. The topological polar surface area (TPSA) is 54.9 Å². The summed E-state index contributed by atoms with van der Waals surface area (Å²) in [5.74, 6) is 0.867. The number of rotatable bonds is 8. The molecule has 0 saturated heterocycles. The van der Waals surface area contributed by atoms with E-state index in [0.717, 1.165) is 35.5 Å². The van der Waals surface area contributed by atoms with Crippen LogP contribution in [0.5, 0.6) is 5.75 Å². The molecule has 0 heterocycles. The highest BCUT2D eigenvalue weighted by Gasteiger charge is 2.24. The summed E-state index contributed by atoms with van der Waals surface area (Å²) in [6.45, 7) is 2.81. The van der Waals surface area contributed by atoms with Crippen LogP contribution in [0.3, 0.4) is 0 Å². The fourth-order valence-electron chi connectivity index (χ4n) is 3.23. The van der Waals surface area contributed by atoms with Gasteiger partial charge >= 0.3 is 0 Å². The second kappa shape index (κ2) is 9.72. The van der Waals surface area contributed by atoms with Gasteiger partial charge in [-0.2, -0.15) is 0 Å². The zero-order valence-electron chi connectivity index (χ0n) is 16.4. The van der Waals surface area contributed by atoms with E-state index in [4.69, 9.17) is 4.74 Å². The van der Waals surface area contributed by atoms with E-state index in [0.29, 0.717) is 0 Å². The van der Waals surface area contributed by atoms with Gasteiger partial charge in [-0.05, 0) is 30.7 Å². The first-order chi connectivity index (χ1) is 13.7. The summed E-state index contributed by atoms with van der Waals surface area (Å²) >= 11 is 0. The maximum Gasteiger partial charge on any atom is 0.287 e. The molecule has 4 nitrogen and oxygen atoms in total. The quantitative estimate of drug-likeness (QED) is 0.633. The summed E-state index contributed by atoms with van der Waals surface area (Å²) in [6.07, 6.45) is 0.825. The van der Waals surface area contributed by atoms with Gasteiger partial charge in [-0.25, -0.2) is 0 Å². The summed E-state index contributed by atoms with van der Waals surface area (Å²) in [7, 11) is 1.68. The molecule has 0 radical (unpaired) electrons. The first kappa shape index (κ1) is 19.6. The highest BCUT2D eigenvalue weighted by Crippen LogP contribution is 2.17. The number of carbonyl (C=O) groups excluding carboxylic acids is 1. The Morgan fingerprint density at radius 2 is 1.64 bits per heavy atom. The standard InChI is InChI=1S/C24H26N2O2/c1-18-12-14-21(15-13-18)26-24(27)23(20-9-4-3-5-10-20)25-17-16-19-8-6-7-11-22(19)28-2/h3-15,23,25H,16-17H2,1-2H3,(H,26,27)/p+1/t23-/m0/s1. The van der Waals surface area contributed by atoms with E-state index < -0.39 is 0 Å². The molecule has 144 valence electrons. The SMILES string of the molecule is COc1ccccc1CC[NH2+][C@H](C(=O)Nc1ccc(C)cc1)c1ccccc1. The monoisotopic (exact) mass is 375 g/mol. The Morgan fingerprint density at radius 3 is 2.36 bits per heavy atom. The van der Waals surface area contributed by atoms with E-state index >= 15 is 0 Å². The highest BCUT2D eigenvalue weighted by atomic mass is 16.5. The molecule has 3 N–H and O–H groups in total. The number of hydrogen-bond acceptors (Lipinski definition) is 2. The number of anilines is 1. The highest BCUT2D eigenvalue weighted by molar-refractivity contribution is 5.94. The molecule has 4 heteroatoms. The number of quaternary nitrogens is 1. The number of para-hydroxylation sites is 1. The third kappa shape index (κ3) is 5.21. The first-order valence-corrected chi connectivity index (χ1v) is 9.55. The molecule has 0 spiro atoms. The summed E-state index contributed by atoms with van der Waals surface area (Å²) in [5, 5.41) is 5.13. The minimum absolute atomic E-state index is 0.0184. The summed E-state index contributed by atoms with van der Waals surface area (Å²) in [5.41, 5.74) is 4.12. The van der Waals surface area contributed by atoms with Crippen molar-refractivity contribution in [3.8, 4) is 5.75 Å². The van der Waals surface area contributed by atoms with Crippen molar-refractivity contribution >= 4 is 11.6 Å². The largest absolute Gasteiger partial charge is 0.496 e. The van der Waals surface area contributed by atoms with Crippen molar-refractivity contribution in [2.45, 2.75) is 19.4 Å². The van der Waals surface area contributed by atoms with E-state index in [-0.39, 0.29) is 11.9 Å². The van der Waals surface area contributed by atoms with E-state index in [9.17, 15) is 4.79 Å². The molecule has 1 atom stereocenters. The number of carbonyl (C=O) groups is 1. The van der Waals surface area contributed by atoms with Crippen molar-refractivity contribution < 1.29 is 14.8 Å². The van der Waals surface area contributed by atoms with Crippen LogP contribution in [-0.2, 0) is 11.2 Å². The molecule has 0 saturated carbocycles. The van der Waals surface area contributed by atoms with Crippen molar-refractivity contribution in [2.75, 3.05) is 19.0 Å². The number of nitrogens with one attached hydrogen (secondary N) is 1. The van der Waals surface area contributed by atoms with Gasteiger partial charge < -0.3 is 15.4 Å². The van der Waals surface area contributed by atoms with Gasteiger partial charge in [-0.15, -0.1) is 0 Å². The lowest BCUT2D eigenvalue weighted by Gasteiger charge is -2.16. The van der Waals surface area contributed by atoms with Gasteiger partial charge in [0, 0.05) is 17.7 Å². The third-order valence-electron chi connectivity index (χ3n) is 4.77. The first-order valence-electron chi connectivity index (χ1n) is 9.55. The number of amides is 1. The van der Waals surface area contributed by atoms with Crippen LogP contribution in [-0.4, -0.2) is 19.6 Å². The minimum atomic E-state index is -0.308. The lowest BCUT2D eigenvalue weighted by Crippen LogP contribution is -2.87. The van der Waals surface area contributed by atoms with Gasteiger partial charge in [-0.3, -0.25) is 4.79 Å². The number of methoxy groups -OCH3 is 1. The predicted octanol–water partition coefficient (Wildman–Crippen LogP) is 3.49. The summed E-state index contributed by atoms with van der Waals surface area (Å²) in [4.78, 5) is 13.0. The Kier molecular flexibility index (Phi) is 6.82. The van der Waals surface area contributed by atoms with Crippen molar-refractivity contribution in [1.29, 1.82) is 0 Å². The summed E-state index contributed by atoms with van der Waals surface area (Å²) in [6, 6.07) is 25.5. The molecule has 0 aliphatic carbocycles. The van der Waals surface area contributed by atoms with Crippen molar-refractivity contribution in [1.82, 2.24) is 0 Å². The van der Waals surface area contributed by atoms with Crippen LogP contribution >= 0.6 is 0 Å². The Labute approximate surface area is 166 Å². The zero-order chi connectivity index (χ0) is 19.8. The molecule has 1 amide bonds. The number of benzene rings is 3. The smallest absolute Gasteiger partial charge is 0.287 e. The average Bonchev–Trinajstić information content (AvgIpc) is 2.73. The normalized spacial score (nSPS) is 11.6. The molecule has 0 aliphatic rings. The molecule has 0 fully saturated rings. The van der Waals surface area contributed by atoms with E-state index in [1.54, 1.807) is 7.11 Å². The van der Waals surface area contributed by atoms with Gasteiger partial charge in [0.1, 0.15) is 5.75 Å². The van der Waals surface area contributed by atoms with Crippen LogP contribution in [0.2, 0.25) is 0 Å². The van der Waals surface area contributed by atoms with Crippen LogP contribution in [0.1, 0.15) is 22.7 Å². The van der Waals surface area contributed by atoms with Crippen LogP contribution < -0.4 is 15.4 Å². The number of ether oxygens (including phenoxy) is 1. The number of nitrogens with two attached hydrogens (primary N) is 1. The fraction of sp³-hybridized carbons (Fsp3) is 0.208. The Morgan fingerprint density at radius 1 is 0.964 bits per heavy atom. The second-order valence-electron chi connectivity index (χ2n) is 6.83. The maximum atomic E-state index is 13.0. The number of aryl methyl sites for hydroxylation is 1. The molecule has 3 aromatic carbocycles. The van der Waals surface area contributed by atoms with E-state index in [1.807, 2.05) is 79.7 Å². The number of hydrogen-bond donors (Lipinski definition) is 2. The van der Waals surface area contributed by atoms with Crippen LogP contribution in [0.25, 0.3) is 0 Å². The van der Waals surface area contributed by atoms with Gasteiger partial charge in [0.2, 0.25) is 0 Å². The van der Waals surface area contributed by atoms with Crippen molar-refractivity contribution in [3.63, 3.8) is 0 Å². The van der Waals surface area contributed by atoms with Gasteiger partial charge in [0.15, 0.2) is 6.04 Å². The Balaban J connectivity index is 1.70. The van der Waals surface area contributed by atoms with E-state index in [2.05, 4.69) is 16.7 Å². The van der Waals surface area contributed by atoms with Crippen LogP contribution in [0.15, 0.2) is 78.9 Å². The molecular formula is C24H27N2O2+. The van der Waals surface area contributed by atoms with Crippen LogP contribution in [0.4, 0.5) is 5.69 Å². The fourth-order valence-corrected chi connectivity index (χ4v) is 3.23. The van der Waals surface area contributed by atoms with Crippen molar-refractivity contribution in [3.05, 3.63) is 95.6 Å². The van der Waals surface area contributed by atoms with E-state index in [1.165, 1.54) is 5.56 Å². The van der Waals surface area contributed by atoms with Gasteiger partial charge in [0.05, 0.1) is 13.7 Å². The molecule has 3 rings (SSSR count). The Hall–Kier alpha value is -3.11. The van der Waals surface area contributed by atoms with Crippen molar-refractivity contribution in [2.24, 2.45) is 0 Å². The zero-order valence-corrected chi connectivity index (χ0v) is 16.4.